The van der Waals surface area contributed by atoms with E-state index in [0.29, 0.717) is 27.9 Å². The molecule has 160 valence electrons. The lowest BCUT2D eigenvalue weighted by Gasteiger charge is -2.13. The van der Waals surface area contributed by atoms with Crippen LogP contribution >= 0.6 is 23.1 Å². The summed E-state index contributed by atoms with van der Waals surface area (Å²) in [7, 11) is 1.56. The van der Waals surface area contributed by atoms with Gasteiger partial charge in [0.2, 0.25) is 5.91 Å². The van der Waals surface area contributed by atoms with E-state index in [-0.39, 0.29) is 11.5 Å². The molecule has 2 aromatic heterocycles. The minimum atomic E-state index is -0.448. The second kappa shape index (κ2) is 9.66. The van der Waals surface area contributed by atoms with Gasteiger partial charge in [-0.15, -0.1) is 11.3 Å². The van der Waals surface area contributed by atoms with E-state index in [2.05, 4.69) is 29.1 Å². The first-order valence-corrected chi connectivity index (χ1v) is 11.7. The number of aromatic amines is 1. The molecule has 0 spiro atoms. The molecule has 8 heteroatoms. The summed E-state index contributed by atoms with van der Waals surface area (Å²) in [6.45, 7) is 8.17. The highest BCUT2D eigenvalue weighted by Crippen LogP contribution is 2.31. The van der Waals surface area contributed by atoms with E-state index in [4.69, 9.17) is 4.74 Å². The number of carbonyl (C=O) groups excluding carboxylic acids is 1. The second-order valence-corrected chi connectivity index (χ2v) is 9.89. The number of thiophene rings is 1. The maximum atomic E-state index is 12.8. The lowest BCUT2D eigenvalue weighted by molar-refractivity contribution is -0.115. The normalized spacial score (nSPS) is 13.2. The zero-order valence-corrected chi connectivity index (χ0v) is 19.5. The van der Waals surface area contributed by atoms with Crippen molar-refractivity contribution in [3.05, 3.63) is 45.1 Å². The number of H-pyrrole nitrogens is 1. The maximum Gasteiger partial charge on any atom is 0.260 e. The largest absolute Gasteiger partial charge is 0.495 e. The highest BCUT2D eigenvalue weighted by atomic mass is 32.2. The lowest BCUT2D eigenvalue weighted by atomic mass is 9.98. The SMILES string of the molecule is CCC(C)Cc1c(C)sc2nc(SC(C)C(=O)Nc3ccccc3OC)[nH]c(=O)c12. The minimum absolute atomic E-state index is 0.137. The van der Waals surface area contributed by atoms with E-state index in [1.807, 2.05) is 19.1 Å². The van der Waals surface area contributed by atoms with Gasteiger partial charge in [0, 0.05) is 4.88 Å². The van der Waals surface area contributed by atoms with Crippen LogP contribution in [0, 0.1) is 12.8 Å². The van der Waals surface area contributed by atoms with E-state index in [1.165, 1.54) is 11.8 Å². The Hall–Kier alpha value is -2.32. The molecular formula is C22H27N3O3S2. The first-order valence-electron chi connectivity index (χ1n) is 9.96. The van der Waals surface area contributed by atoms with Gasteiger partial charge in [0.15, 0.2) is 5.16 Å². The Balaban J connectivity index is 1.80. The van der Waals surface area contributed by atoms with Crippen molar-refractivity contribution in [2.75, 3.05) is 12.4 Å². The van der Waals surface area contributed by atoms with Crippen molar-refractivity contribution < 1.29 is 9.53 Å². The third kappa shape index (κ3) is 4.87. The van der Waals surface area contributed by atoms with Crippen LogP contribution in [0.2, 0.25) is 0 Å². The molecular weight excluding hydrogens is 418 g/mol. The van der Waals surface area contributed by atoms with Crippen molar-refractivity contribution in [3.63, 3.8) is 0 Å². The molecule has 0 aliphatic carbocycles. The Morgan fingerprint density at radius 1 is 1.33 bits per heavy atom. The number of anilines is 1. The summed E-state index contributed by atoms with van der Waals surface area (Å²) in [4.78, 5) is 34.8. The number of ether oxygens (including phenoxy) is 1. The molecule has 30 heavy (non-hydrogen) atoms. The summed E-state index contributed by atoms with van der Waals surface area (Å²) in [6.07, 6.45) is 1.94. The maximum absolute atomic E-state index is 12.8. The van der Waals surface area contributed by atoms with Crippen LogP contribution in [0.1, 0.15) is 37.6 Å². The third-order valence-electron chi connectivity index (χ3n) is 5.11. The van der Waals surface area contributed by atoms with Gasteiger partial charge >= 0.3 is 0 Å². The number of hydrogen-bond donors (Lipinski definition) is 2. The molecule has 0 aliphatic heterocycles. The average molecular weight is 446 g/mol. The quantitative estimate of drug-likeness (QED) is 0.376. The fraction of sp³-hybridized carbons (Fsp3) is 0.409. The predicted molar refractivity (Wildman–Crippen MR) is 125 cm³/mol. The summed E-state index contributed by atoms with van der Waals surface area (Å²) in [5, 5.41) is 3.56. The number of benzene rings is 1. The van der Waals surface area contributed by atoms with Gasteiger partial charge in [-0.05, 0) is 43.9 Å². The fourth-order valence-corrected chi connectivity index (χ4v) is 5.06. The number of aryl methyl sites for hydroxylation is 1. The van der Waals surface area contributed by atoms with Gasteiger partial charge in [-0.1, -0.05) is 44.2 Å². The zero-order chi connectivity index (χ0) is 21.8. The summed E-state index contributed by atoms with van der Waals surface area (Å²) in [5.41, 5.74) is 1.57. The summed E-state index contributed by atoms with van der Waals surface area (Å²) < 4.78 is 5.28. The van der Waals surface area contributed by atoms with Crippen LogP contribution in [0.25, 0.3) is 10.2 Å². The molecule has 2 N–H and O–H groups in total. The number of rotatable bonds is 8. The standard InChI is InChI=1S/C22H27N3O3S2/c1-6-12(2)11-15-13(3)29-21-18(15)20(27)24-22(25-21)30-14(4)19(26)23-16-9-7-8-10-17(16)28-5/h7-10,12,14H,6,11H2,1-5H3,(H,23,26)(H,24,25,27). The number of nitrogens with zero attached hydrogens (tertiary/aromatic N) is 1. The van der Waals surface area contributed by atoms with Crippen molar-refractivity contribution in [2.24, 2.45) is 5.92 Å². The van der Waals surface area contributed by atoms with E-state index >= 15 is 0 Å². The van der Waals surface area contributed by atoms with Crippen molar-refractivity contribution in [1.82, 2.24) is 9.97 Å². The number of para-hydroxylation sites is 2. The molecule has 0 saturated heterocycles. The van der Waals surface area contributed by atoms with E-state index in [0.717, 1.165) is 28.1 Å². The lowest BCUT2D eigenvalue weighted by Crippen LogP contribution is -2.23. The first-order chi connectivity index (χ1) is 14.3. The van der Waals surface area contributed by atoms with Gasteiger partial charge in [-0.25, -0.2) is 4.98 Å². The van der Waals surface area contributed by atoms with Crippen LogP contribution in [0.5, 0.6) is 5.75 Å². The minimum Gasteiger partial charge on any atom is -0.495 e. The Morgan fingerprint density at radius 3 is 2.77 bits per heavy atom. The molecule has 0 saturated carbocycles. The van der Waals surface area contributed by atoms with Crippen LogP contribution < -0.4 is 15.6 Å². The van der Waals surface area contributed by atoms with Gasteiger partial charge < -0.3 is 15.0 Å². The van der Waals surface area contributed by atoms with E-state index in [1.54, 1.807) is 37.5 Å². The Bertz CT molecular complexity index is 1110. The van der Waals surface area contributed by atoms with Crippen LogP contribution in [-0.2, 0) is 11.2 Å². The first kappa shape index (κ1) is 22.4. The molecule has 6 nitrogen and oxygen atoms in total. The van der Waals surface area contributed by atoms with Crippen molar-refractivity contribution >= 4 is 44.9 Å². The van der Waals surface area contributed by atoms with Gasteiger partial charge in [0.25, 0.3) is 5.56 Å². The third-order valence-corrected chi connectivity index (χ3v) is 7.14. The smallest absolute Gasteiger partial charge is 0.260 e. The Labute approximate surface area is 184 Å². The monoisotopic (exact) mass is 445 g/mol. The molecule has 3 aromatic rings. The Morgan fingerprint density at radius 2 is 2.07 bits per heavy atom. The molecule has 0 radical (unpaired) electrons. The second-order valence-electron chi connectivity index (χ2n) is 7.36. The van der Waals surface area contributed by atoms with E-state index in [9.17, 15) is 9.59 Å². The number of carbonyl (C=O) groups is 1. The van der Waals surface area contributed by atoms with Gasteiger partial charge in [-0.2, -0.15) is 0 Å². The number of nitrogens with one attached hydrogen (secondary N) is 2. The molecule has 1 amide bonds. The number of hydrogen-bond acceptors (Lipinski definition) is 6. The fourth-order valence-electron chi connectivity index (χ4n) is 3.15. The zero-order valence-electron chi connectivity index (χ0n) is 17.9. The summed E-state index contributed by atoms with van der Waals surface area (Å²) in [5.74, 6) is 0.916. The molecule has 3 rings (SSSR count). The number of amides is 1. The summed E-state index contributed by atoms with van der Waals surface area (Å²) in [6, 6.07) is 7.25. The van der Waals surface area contributed by atoms with Gasteiger partial charge in [0.1, 0.15) is 10.6 Å². The summed E-state index contributed by atoms with van der Waals surface area (Å²) >= 11 is 2.78. The molecule has 0 aliphatic rings. The molecule has 2 heterocycles. The van der Waals surface area contributed by atoms with Crippen LogP contribution in [0.15, 0.2) is 34.2 Å². The van der Waals surface area contributed by atoms with Crippen molar-refractivity contribution in [3.8, 4) is 5.75 Å². The molecule has 1 aromatic carbocycles. The number of fused-ring (bicyclic) bond motifs is 1. The average Bonchev–Trinajstić information content (AvgIpc) is 3.03. The van der Waals surface area contributed by atoms with Crippen LogP contribution in [0.3, 0.4) is 0 Å². The molecule has 0 bridgehead atoms. The molecule has 2 atom stereocenters. The van der Waals surface area contributed by atoms with Crippen LogP contribution in [0.4, 0.5) is 5.69 Å². The number of aromatic nitrogens is 2. The van der Waals surface area contributed by atoms with Gasteiger partial charge in [-0.3, -0.25) is 9.59 Å². The predicted octanol–water partition coefficient (Wildman–Crippen LogP) is 5.01. The number of thioether (sulfide) groups is 1. The molecule has 0 fully saturated rings. The Kier molecular flexibility index (Phi) is 7.20. The topological polar surface area (TPSA) is 84.1 Å². The van der Waals surface area contributed by atoms with Crippen LogP contribution in [-0.4, -0.2) is 28.2 Å². The highest BCUT2D eigenvalue weighted by Gasteiger charge is 2.20. The van der Waals surface area contributed by atoms with Crippen molar-refractivity contribution in [1.29, 1.82) is 0 Å². The van der Waals surface area contributed by atoms with E-state index < -0.39 is 5.25 Å². The molecule has 2 unspecified atom stereocenters. The highest BCUT2D eigenvalue weighted by molar-refractivity contribution is 8.00. The number of methoxy groups -OCH3 is 1. The van der Waals surface area contributed by atoms with Crippen molar-refractivity contribution in [2.45, 2.75) is 50.9 Å². The van der Waals surface area contributed by atoms with Gasteiger partial charge in [0.05, 0.1) is 23.4 Å².